The van der Waals surface area contributed by atoms with Crippen LogP contribution in [0.5, 0.6) is 0 Å². The molecule has 1 aliphatic rings. The largest absolute Gasteiger partial charge is 0.481 e. The monoisotopic (exact) mass is 290 g/mol. The van der Waals surface area contributed by atoms with Gasteiger partial charge < -0.3 is 5.11 Å². The standard InChI is InChI=1S/C11H9BrF2O2/c12-7-4-3-6(9(13)10(7)14)8(11(15)16)5-1-2-5/h3-5,8H,1-2H2,(H,15,16). The first-order chi connectivity index (χ1) is 7.52. The first-order valence-corrected chi connectivity index (χ1v) is 5.68. The Kier molecular flexibility index (Phi) is 2.97. The molecule has 0 radical (unpaired) electrons. The van der Waals surface area contributed by atoms with Gasteiger partial charge in [0.15, 0.2) is 11.6 Å². The molecule has 1 aliphatic carbocycles. The van der Waals surface area contributed by atoms with Crippen LogP contribution < -0.4 is 0 Å². The molecule has 16 heavy (non-hydrogen) atoms. The van der Waals surface area contributed by atoms with Crippen LogP contribution in [-0.4, -0.2) is 11.1 Å². The van der Waals surface area contributed by atoms with Crippen LogP contribution in [0.25, 0.3) is 0 Å². The van der Waals surface area contributed by atoms with Gasteiger partial charge in [0.2, 0.25) is 0 Å². The highest BCUT2D eigenvalue weighted by molar-refractivity contribution is 9.10. The number of carboxylic acids is 1. The van der Waals surface area contributed by atoms with E-state index in [0.717, 1.165) is 12.8 Å². The Morgan fingerprint density at radius 1 is 1.38 bits per heavy atom. The van der Waals surface area contributed by atoms with Gasteiger partial charge >= 0.3 is 5.97 Å². The molecule has 1 aromatic carbocycles. The first kappa shape index (κ1) is 11.5. The number of carbonyl (C=O) groups is 1. The fourth-order valence-corrected chi connectivity index (χ4v) is 2.11. The van der Waals surface area contributed by atoms with Crippen molar-refractivity contribution in [2.24, 2.45) is 5.92 Å². The molecular formula is C11H9BrF2O2. The van der Waals surface area contributed by atoms with Crippen LogP contribution >= 0.6 is 15.9 Å². The average Bonchev–Trinajstić information content (AvgIpc) is 3.02. The fraction of sp³-hybridized carbons (Fsp3) is 0.364. The Morgan fingerprint density at radius 2 is 2.00 bits per heavy atom. The minimum absolute atomic E-state index is 0.00804. The third-order valence-electron chi connectivity index (χ3n) is 2.76. The Balaban J connectivity index is 2.45. The molecular weight excluding hydrogens is 282 g/mol. The number of carboxylic acid groups (broad SMARTS) is 1. The highest BCUT2D eigenvalue weighted by atomic mass is 79.9. The van der Waals surface area contributed by atoms with Crippen molar-refractivity contribution in [2.45, 2.75) is 18.8 Å². The van der Waals surface area contributed by atoms with Crippen molar-refractivity contribution < 1.29 is 18.7 Å². The average molecular weight is 291 g/mol. The molecule has 2 nitrogen and oxygen atoms in total. The molecule has 1 aromatic rings. The van der Waals surface area contributed by atoms with Gasteiger partial charge in [-0.1, -0.05) is 6.07 Å². The summed E-state index contributed by atoms with van der Waals surface area (Å²) in [4.78, 5) is 11.0. The summed E-state index contributed by atoms with van der Waals surface area (Å²) in [6.45, 7) is 0. The SMILES string of the molecule is O=C(O)C(c1ccc(Br)c(F)c1F)C1CC1. The zero-order chi connectivity index (χ0) is 11.9. The Labute approximate surface area is 99.4 Å². The molecule has 5 heteroatoms. The summed E-state index contributed by atoms with van der Waals surface area (Å²) in [5.74, 6) is -4.17. The Morgan fingerprint density at radius 3 is 2.50 bits per heavy atom. The maximum Gasteiger partial charge on any atom is 0.311 e. The summed E-state index contributed by atoms with van der Waals surface area (Å²) in [5, 5.41) is 9.02. The van der Waals surface area contributed by atoms with E-state index in [0.29, 0.717) is 0 Å². The van der Waals surface area contributed by atoms with Crippen molar-refractivity contribution in [3.63, 3.8) is 0 Å². The number of rotatable bonds is 3. The van der Waals surface area contributed by atoms with Crippen molar-refractivity contribution in [1.82, 2.24) is 0 Å². The Bertz CT molecular complexity index is 444. The van der Waals surface area contributed by atoms with Crippen LogP contribution in [0.1, 0.15) is 24.3 Å². The summed E-state index contributed by atoms with van der Waals surface area (Å²) in [5.41, 5.74) is -0.0595. The fourth-order valence-electron chi connectivity index (χ4n) is 1.80. The van der Waals surface area contributed by atoms with Crippen molar-refractivity contribution >= 4 is 21.9 Å². The number of aliphatic carboxylic acids is 1. The van der Waals surface area contributed by atoms with E-state index in [1.807, 2.05) is 0 Å². The number of hydrogen-bond donors (Lipinski definition) is 1. The van der Waals surface area contributed by atoms with Gasteiger partial charge in [0.1, 0.15) is 0 Å². The maximum absolute atomic E-state index is 13.6. The molecule has 1 fully saturated rings. The summed E-state index contributed by atoms with van der Waals surface area (Å²) in [6, 6.07) is 2.67. The van der Waals surface area contributed by atoms with Crippen LogP contribution in [0, 0.1) is 17.6 Å². The van der Waals surface area contributed by atoms with E-state index in [1.54, 1.807) is 0 Å². The number of halogens is 3. The highest BCUT2D eigenvalue weighted by Gasteiger charge is 2.39. The van der Waals surface area contributed by atoms with Gasteiger partial charge in [0.05, 0.1) is 10.4 Å². The maximum atomic E-state index is 13.6. The highest BCUT2D eigenvalue weighted by Crippen LogP contribution is 2.44. The molecule has 0 aliphatic heterocycles. The molecule has 0 heterocycles. The quantitative estimate of drug-likeness (QED) is 0.867. The Hall–Kier alpha value is -0.970. The van der Waals surface area contributed by atoms with E-state index in [-0.39, 0.29) is 16.0 Å². The molecule has 1 unspecified atom stereocenters. The molecule has 2 rings (SSSR count). The van der Waals surface area contributed by atoms with E-state index in [4.69, 9.17) is 5.11 Å². The molecule has 1 atom stereocenters. The molecule has 86 valence electrons. The van der Waals surface area contributed by atoms with E-state index in [9.17, 15) is 13.6 Å². The summed E-state index contributed by atoms with van der Waals surface area (Å²) >= 11 is 2.86. The van der Waals surface area contributed by atoms with Gasteiger partial charge in [0, 0.05) is 5.56 Å². The van der Waals surface area contributed by atoms with Gasteiger partial charge in [0.25, 0.3) is 0 Å². The molecule has 0 saturated heterocycles. The molecule has 1 saturated carbocycles. The second-order valence-corrected chi connectivity index (χ2v) is 4.77. The normalized spacial score (nSPS) is 17.2. The predicted molar refractivity (Wildman–Crippen MR) is 57.2 cm³/mol. The molecule has 0 amide bonds. The second-order valence-electron chi connectivity index (χ2n) is 3.92. The third kappa shape index (κ3) is 1.96. The van der Waals surface area contributed by atoms with Crippen LogP contribution in [0.15, 0.2) is 16.6 Å². The summed E-state index contributed by atoms with van der Waals surface area (Å²) in [6.07, 6.45) is 1.52. The van der Waals surface area contributed by atoms with Gasteiger partial charge in [-0.25, -0.2) is 8.78 Å². The van der Waals surface area contributed by atoms with Crippen LogP contribution in [0.3, 0.4) is 0 Å². The lowest BCUT2D eigenvalue weighted by Gasteiger charge is -2.13. The third-order valence-corrected chi connectivity index (χ3v) is 3.37. The summed E-state index contributed by atoms with van der Waals surface area (Å²) < 4.78 is 26.9. The molecule has 0 bridgehead atoms. The lowest BCUT2D eigenvalue weighted by atomic mass is 9.94. The van der Waals surface area contributed by atoms with Gasteiger partial charge in [-0.15, -0.1) is 0 Å². The summed E-state index contributed by atoms with van der Waals surface area (Å²) in [7, 11) is 0. The lowest BCUT2D eigenvalue weighted by Crippen LogP contribution is -2.16. The lowest BCUT2D eigenvalue weighted by molar-refractivity contribution is -0.139. The molecule has 1 N–H and O–H groups in total. The zero-order valence-corrected chi connectivity index (χ0v) is 9.80. The zero-order valence-electron chi connectivity index (χ0n) is 8.21. The van der Waals surface area contributed by atoms with Crippen LogP contribution in [0.2, 0.25) is 0 Å². The molecule has 0 aromatic heterocycles. The number of hydrogen-bond acceptors (Lipinski definition) is 1. The van der Waals surface area contributed by atoms with Crippen molar-refractivity contribution in [3.05, 3.63) is 33.8 Å². The minimum atomic E-state index is -1.09. The van der Waals surface area contributed by atoms with Crippen LogP contribution in [-0.2, 0) is 4.79 Å². The van der Waals surface area contributed by atoms with Crippen LogP contribution in [0.4, 0.5) is 8.78 Å². The smallest absolute Gasteiger partial charge is 0.311 e. The predicted octanol–water partition coefficient (Wildman–Crippen LogP) is 3.31. The topological polar surface area (TPSA) is 37.3 Å². The minimum Gasteiger partial charge on any atom is -0.481 e. The van der Waals surface area contributed by atoms with E-state index in [2.05, 4.69) is 15.9 Å². The van der Waals surface area contributed by atoms with Gasteiger partial charge in [-0.05, 0) is 40.8 Å². The van der Waals surface area contributed by atoms with Crippen molar-refractivity contribution in [2.75, 3.05) is 0 Å². The second kappa shape index (κ2) is 4.13. The van der Waals surface area contributed by atoms with E-state index in [1.165, 1.54) is 12.1 Å². The molecule has 0 spiro atoms. The van der Waals surface area contributed by atoms with Gasteiger partial charge in [-0.3, -0.25) is 4.79 Å². The van der Waals surface area contributed by atoms with Crippen molar-refractivity contribution in [1.29, 1.82) is 0 Å². The van der Waals surface area contributed by atoms with Crippen molar-refractivity contribution in [3.8, 4) is 0 Å². The van der Waals surface area contributed by atoms with E-state index < -0.39 is 23.5 Å². The first-order valence-electron chi connectivity index (χ1n) is 4.88. The van der Waals surface area contributed by atoms with Gasteiger partial charge in [-0.2, -0.15) is 0 Å². The van der Waals surface area contributed by atoms with E-state index >= 15 is 0 Å². The number of benzene rings is 1.